The molecule has 6 heteroatoms. The van der Waals surface area contributed by atoms with Crippen molar-refractivity contribution in [3.63, 3.8) is 0 Å². The van der Waals surface area contributed by atoms with Gasteiger partial charge in [0.25, 0.3) is 5.91 Å². The summed E-state index contributed by atoms with van der Waals surface area (Å²) in [5.41, 5.74) is 3.02. The van der Waals surface area contributed by atoms with Crippen molar-refractivity contribution in [3.8, 4) is 6.07 Å². The standard InChI is InChI=1S/C20H19N3O3/c1-13-3-7-15(8-4-13)18-19(26-12-17(24)23(18)2)20(25)22-16-9-5-14(11-21)6-10-16/h3-10,18-19H,12H2,1-2H3,(H,22,25)/t18-,19-/m0/s1. The Balaban J connectivity index is 1.84. The van der Waals surface area contributed by atoms with E-state index in [1.165, 1.54) is 0 Å². The van der Waals surface area contributed by atoms with Gasteiger partial charge in [0, 0.05) is 12.7 Å². The van der Waals surface area contributed by atoms with Crippen molar-refractivity contribution in [3.05, 3.63) is 65.2 Å². The first-order chi connectivity index (χ1) is 12.5. The molecular weight excluding hydrogens is 330 g/mol. The molecule has 3 rings (SSSR count). The van der Waals surface area contributed by atoms with Crippen LogP contribution in [-0.4, -0.2) is 36.5 Å². The van der Waals surface area contributed by atoms with E-state index in [1.807, 2.05) is 37.3 Å². The van der Waals surface area contributed by atoms with E-state index in [0.29, 0.717) is 11.3 Å². The van der Waals surface area contributed by atoms with Crippen molar-refractivity contribution < 1.29 is 14.3 Å². The van der Waals surface area contributed by atoms with Gasteiger partial charge in [0.15, 0.2) is 6.10 Å². The second-order valence-electron chi connectivity index (χ2n) is 6.27. The van der Waals surface area contributed by atoms with Crippen molar-refractivity contribution in [2.24, 2.45) is 0 Å². The summed E-state index contributed by atoms with van der Waals surface area (Å²) in [6, 6.07) is 15.8. The molecule has 26 heavy (non-hydrogen) atoms. The summed E-state index contributed by atoms with van der Waals surface area (Å²) < 4.78 is 5.58. The molecule has 1 saturated heterocycles. The van der Waals surface area contributed by atoms with E-state index in [1.54, 1.807) is 36.2 Å². The Bertz CT molecular complexity index is 853. The summed E-state index contributed by atoms with van der Waals surface area (Å²) in [6.07, 6.45) is -0.823. The molecule has 1 heterocycles. The van der Waals surface area contributed by atoms with Crippen LogP contribution in [0.15, 0.2) is 48.5 Å². The van der Waals surface area contributed by atoms with Crippen LogP contribution in [0.25, 0.3) is 0 Å². The Hall–Kier alpha value is -3.17. The second-order valence-corrected chi connectivity index (χ2v) is 6.27. The molecule has 2 aromatic rings. The molecule has 2 aromatic carbocycles. The van der Waals surface area contributed by atoms with Crippen molar-refractivity contribution in [2.45, 2.75) is 19.1 Å². The number of hydrogen-bond donors (Lipinski definition) is 1. The lowest BCUT2D eigenvalue weighted by Gasteiger charge is -2.38. The van der Waals surface area contributed by atoms with Gasteiger partial charge in [-0.1, -0.05) is 29.8 Å². The highest BCUT2D eigenvalue weighted by molar-refractivity contribution is 5.96. The fourth-order valence-corrected chi connectivity index (χ4v) is 2.93. The second kappa shape index (κ2) is 7.38. The summed E-state index contributed by atoms with van der Waals surface area (Å²) in [5.74, 6) is -0.502. The van der Waals surface area contributed by atoms with Crippen LogP contribution in [0.4, 0.5) is 5.69 Å². The molecule has 1 aliphatic heterocycles. The first-order valence-electron chi connectivity index (χ1n) is 8.24. The van der Waals surface area contributed by atoms with Gasteiger partial charge in [0.05, 0.1) is 17.7 Å². The minimum absolute atomic E-state index is 0.135. The number of aryl methyl sites for hydroxylation is 1. The molecule has 2 amide bonds. The molecule has 1 fully saturated rings. The van der Waals surface area contributed by atoms with Gasteiger partial charge in [0.2, 0.25) is 5.91 Å². The maximum Gasteiger partial charge on any atom is 0.256 e. The monoisotopic (exact) mass is 349 g/mol. The van der Waals surface area contributed by atoms with E-state index < -0.39 is 12.1 Å². The fraction of sp³-hybridized carbons (Fsp3) is 0.250. The molecule has 1 N–H and O–H groups in total. The van der Waals surface area contributed by atoms with Crippen LogP contribution in [0.3, 0.4) is 0 Å². The fourth-order valence-electron chi connectivity index (χ4n) is 2.93. The number of nitrogens with zero attached hydrogens (tertiary/aromatic N) is 2. The minimum Gasteiger partial charge on any atom is -0.356 e. The van der Waals surface area contributed by atoms with Gasteiger partial charge in [-0.15, -0.1) is 0 Å². The third-order valence-electron chi connectivity index (χ3n) is 4.44. The highest BCUT2D eigenvalue weighted by Crippen LogP contribution is 2.30. The third kappa shape index (κ3) is 3.58. The van der Waals surface area contributed by atoms with Crippen LogP contribution in [0.2, 0.25) is 0 Å². The number of amides is 2. The largest absolute Gasteiger partial charge is 0.356 e. The zero-order valence-electron chi connectivity index (χ0n) is 14.6. The lowest BCUT2D eigenvalue weighted by molar-refractivity contribution is -0.160. The molecule has 6 nitrogen and oxygen atoms in total. The molecule has 0 unspecified atom stereocenters. The van der Waals surface area contributed by atoms with Crippen LogP contribution in [0, 0.1) is 18.3 Å². The zero-order chi connectivity index (χ0) is 18.7. The molecular formula is C20H19N3O3. The lowest BCUT2D eigenvalue weighted by Crippen LogP contribution is -2.51. The SMILES string of the molecule is Cc1ccc([C@H]2[C@@H](C(=O)Nc3ccc(C#N)cc3)OCC(=O)N2C)cc1. The average molecular weight is 349 g/mol. The molecule has 0 radical (unpaired) electrons. The molecule has 0 spiro atoms. The maximum absolute atomic E-state index is 12.8. The molecule has 0 aromatic heterocycles. The summed E-state index contributed by atoms with van der Waals surface area (Å²) >= 11 is 0. The third-order valence-corrected chi connectivity index (χ3v) is 4.44. The summed E-state index contributed by atoms with van der Waals surface area (Å²) in [7, 11) is 1.68. The quantitative estimate of drug-likeness (QED) is 0.922. The van der Waals surface area contributed by atoms with Crippen LogP contribution in [0.5, 0.6) is 0 Å². The van der Waals surface area contributed by atoms with Gasteiger partial charge in [-0.05, 0) is 36.8 Å². The van der Waals surface area contributed by atoms with Crippen LogP contribution >= 0.6 is 0 Å². The molecule has 0 aliphatic carbocycles. The summed E-state index contributed by atoms with van der Waals surface area (Å²) in [4.78, 5) is 26.4. The number of carbonyl (C=O) groups excluding carboxylic acids is 2. The number of anilines is 1. The van der Waals surface area contributed by atoms with E-state index in [9.17, 15) is 9.59 Å². The number of ether oxygens (including phenoxy) is 1. The number of likely N-dealkylation sites (N-methyl/N-ethyl adjacent to an activating group) is 1. The number of nitriles is 1. The van der Waals surface area contributed by atoms with E-state index in [4.69, 9.17) is 10.00 Å². The van der Waals surface area contributed by atoms with Crippen LogP contribution in [0.1, 0.15) is 22.7 Å². The first kappa shape index (κ1) is 17.6. The van der Waals surface area contributed by atoms with Crippen LogP contribution < -0.4 is 5.32 Å². The predicted molar refractivity (Wildman–Crippen MR) is 96.2 cm³/mol. The Morgan fingerprint density at radius 1 is 1.19 bits per heavy atom. The van der Waals surface area contributed by atoms with Gasteiger partial charge in [-0.2, -0.15) is 5.26 Å². The number of carbonyl (C=O) groups is 2. The van der Waals surface area contributed by atoms with Gasteiger partial charge in [0.1, 0.15) is 6.61 Å². The summed E-state index contributed by atoms with van der Waals surface area (Å²) in [6.45, 7) is 1.84. The Morgan fingerprint density at radius 3 is 2.46 bits per heavy atom. The lowest BCUT2D eigenvalue weighted by atomic mass is 9.96. The molecule has 132 valence electrons. The van der Waals surface area contributed by atoms with E-state index in [-0.39, 0.29) is 18.4 Å². The van der Waals surface area contributed by atoms with Gasteiger partial charge >= 0.3 is 0 Å². The highest BCUT2D eigenvalue weighted by Gasteiger charge is 2.40. The Kier molecular flexibility index (Phi) is 5.01. The predicted octanol–water partition coefficient (Wildman–Crippen LogP) is 2.40. The van der Waals surface area contributed by atoms with Gasteiger partial charge < -0.3 is 15.0 Å². The normalized spacial score (nSPS) is 19.7. The van der Waals surface area contributed by atoms with E-state index in [0.717, 1.165) is 11.1 Å². The molecule has 2 atom stereocenters. The number of hydrogen-bond acceptors (Lipinski definition) is 4. The highest BCUT2D eigenvalue weighted by atomic mass is 16.5. The Morgan fingerprint density at radius 2 is 1.85 bits per heavy atom. The maximum atomic E-state index is 12.8. The topological polar surface area (TPSA) is 82.4 Å². The van der Waals surface area contributed by atoms with Gasteiger partial charge in [-0.25, -0.2) is 0 Å². The minimum atomic E-state index is -0.823. The first-order valence-corrected chi connectivity index (χ1v) is 8.24. The Labute approximate surface area is 152 Å². The van der Waals surface area contributed by atoms with Crippen molar-refractivity contribution in [1.29, 1.82) is 5.26 Å². The number of morpholine rings is 1. The summed E-state index contributed by atoms with van der Waals surface area (Å²) in [5, 5.41) is 11.7. The van der Waals surface area contributed by atoms with Gasteiger partial charge in [-0.3, -0.25) is 9.59 Å². The zero-order valence-corrected chi connectivity index (χ0v) is 14.6. The number of benzene rings is 2. The van der Waals surface area contributed by atoms with Crippen molar-refractivity contribution in [1.82, 2.24) is 4.90 Å². The number of rotatable bonds is 3. The molecule has 1 aliphatic rings. The number of nitrogens with one attached hydrogen (secondary N) is 1. The van der Waals surface area contributed by atoms with Crippen molar-refractivity contribution >= 4 is 17.5 Å². The average Bonchev–Trinajstić information content (AvgIpc) is 2.65. The molecule has 0 bridgehead atoms. The van der Waals surface area contributed by atoms with E-state index in [2.05, 4.69) is 5.32 Å². The molecule has 0 saturated carbocycles. The van der Waals surface area contributed by atoms with Crippen LogP contribution in [-0.2, 0) is 14.3 Å². The smallest absolute Gasteiger partial charge is 0.256 e. The van der Waals surface area contributed by atoms with Crippen molar-refractivity contribution in [2.75, 3.05) is 19.0 Å². The van der Waals surface area contributed by atoms with E-state index >= 15 is 0 Å².